The number of hydrogen-bond donors (Lipinski definition) is 1. The number of hydrogen-bond acceptors (Lipinski definition) is 5. The van der Waals surface area contributed by atoms with E-state index in [1.165, 1.54) is 0 Å². The normalized spacial score (nSPS) is 17.1. The molecule has 4 rings (SSSR count). The first kappa shape index (κ1) is 19.1. The van der Waals surface area contributed by atoms with E-state index in [1.54, 1.807) is 35.2 Å². The second-order valence-electron chi connectivity index (χ2n) is 7.05. The molecule has 2 aliphatic heterocycles. The van der Waals surface area contributed by atoms with Crippen molar-refractivity contribution in [1.82, 2.24) is 4.90 Å². The van der Waals surface area contributed by atoms with Gasteiger partial charge in [-0.1, -0.05) is 30.3 Å². The Labute approximate surface area is 168 Å². The van der Waals surface area contributed by atoms with Gasteiger partial charge in [-0.2, -0.15) is 0 Å². The van der Waals surface area contributed by atoms with Crippen LogP contribution in [0.15, 0.2) is 48.5 Å². The van der Waals surface area contributed by atoms with Crippen LogP contribution in [0.1, 0.15) is 34.0 Å². The standard InChI is InChI=1S/C22H22N2O5/c25-19-9-7-16-14-17(6-8-18(16)23-19)22(27)29-20(15-4-2-1-3-5-15)21(26)24-10-12-28-13-11-24/h1-6,8,14,20H,7,9-13H2,(H,23,25). The Bertz CT molecular complexity index is 922. The predicted octanol–water partition coefficient (Wildman–Crippen LogP) is 2.33. The van der Waals surface area contributed by atoms with E-state index < -0.39 is 12.1 Å². The Morgan fingerprint density at radius 2 is 1.79 bits per heavy atom. The minimum atomic E-state index is -1.02. The number of anilines is 1. The first-order chi connectivity index (χ1) is 14.1. The van der Waals surface area contributed by atoms with Crippen LogP contribution >= 0.6 is 0 Å². The van der Waals surface area contributed by atoms with E-state index >= 15 is 0 Å². The number of fused-ring (bicyclic) bond motifs is 1. The minimum Gasteiger partial charge on any atom is -0.444 e. The highest BCUT2D eigenvalue weighted by Gasteiger charge is 2.31. The summed E-state index contributed by atoms with van der Waals surface area (Å²) < 4.78 is 11.0. The summed E-state index contributed by atoms with van der Waals surface area (Å²) in [5.74, 6) is -0.855. The number of rotatable bonds is 4. The van der Waals surface area contributed by atoms with Crippen LogP contribution in [0.2, 0.25) is 0 Å². The van der Waals surface area contributed by atoms with Gasteiger partial charge in [0, 0.05) is 30.8 Å². The summed E-state index contributed by atoms with van der Waals surface area (Å²) >= 11 is 0. The minimum absolute atomic E-state index is 0.0342. The third kappa shape index (κ3) is 4.30. The molecule has 2 heterocycles. The molecule has 1 saturated heterocycles. The lowest BCUT2D eigenvalue weighted by atomic mass is 10.0. The second kappa shape index (κ2) is 8.45. The number of morpholine rings is 1. The molecule has 150 valence electrons. The van der Waals surface area contributed by atoms with Crippen molar-refractivity contribution in [3.05, 3.63) is 65.2 Å². The van der Waals surface area contributed by atoms with Crippen molar-refractivity contribution in [3.63, 3.8) is 0 Å². The monoisotopic (exact) mass is 394 g/mol. The molecule has 1 atom stereocenters. The average molecular weight is 394 g/mol. The summed E-state index contributed by atoms with van der Waals surface area (Å²) in [6.07, 6.45) is -0.0670. The molecular formula is C22H22N2O5. The fourth-order valence-electron chi connectivity index (χ4n) is 3.52. The molecule has 29 heavy (non-hydrogen) atoms. The van der Waals surface area contributed by atoms with Gasteiger partial charge in [-0.15, -0.1) is 0 Å². The molecule has 1 N–H and O–H groups in total. The molecule has 7 heteroatoms. The molecule has 0 saturated carbocycles. The summed E-state index contributed by atoms with van der Waals surface area (Å²) in [7, 11) is 0. The van der Waals surface area contributed by atoms with Gasteiger partial charge >= 0.3 is 5.97 Å². The maximum absolute atomic E-state index is 13.1. The molecule has 2 aromatic rings. The molecule has 0 spiro atoms. The van der Waals surface area contributed by atoms with Gasteiger partial charge in [0.05, 0.1) is 18.8 Å². The Kier molecular flexibility index (Phi) is 5.57. The topological polar surface area (TPSA) is 84.9 Å². The van der Waals surface area contributed by atoms with E-state index in [0.717, 1.165) is 5.56 Å². The van der Waals surface area contributed by atoms with Crippen LogP contribution in [0.4, 0.5) is 5.69 Å². The number of esters is 1. The Hall–Kier alpha value is -3.19. The quantitative estimate of drug-likeness (QED) is 0.805. The van der Waals surface area contributed by atoms with Crippen LogP contribution in [0.25, 0.3) is 0 Å². The van der Waals surface area contributed by atoms with Gasteiger partial charge in [-0.25, -0.2) is 4.79 Å². The van der Waals surface area contributed by atoms with Crippen LogP contribution in [-0.4, -0.2) is 49.0 Å². The zero-order chi connectivity index (χ0) is 20.2. The third-order valence-corrected chi connectivity index (χ3v) is 5.11. The van der Waals surface area contributed by atoms with Crippen molar-refractivity contribution in [2.45, 2.75) is 18.9 Å². The Morgan fingerprint density at radius 3 is 2.55 bits per heavy atom. The second-order valence-corrected chi connectivity index (χ2v) is 7.05. The van der Waals surface area contributed by atoms with Gasteiger partial charge in [0.1, 0.15) is 0 Å². The molecule has 0 radical (unpaired) electrons. The van der Waals surface area contributed by atoms with Crippen molar-refractivity contribution < 1.29 is 23.9 Å². The number of amides is 2. The molecule has 0 aliphatic carbocycles. The lowest BCUT2D eigenvalue weighted by Crippen LogP contribution is -2.44. The number of carbonyl (C=O) groups is 3. The fraction of sp³-hybridized carbons (Fsp3) is 0.318. The zero-order valence-corrected chi connectivity index (χ0v) is 15.9. The Morgan fingerprint density at radius 1 is 1.03 bits per heavy atom. The van der Waals surface area contributed by atoms with Crippen molar-refractivity contribution in [2.24, 2.45) is 0 Å². The highest BCUT2D eigenvalue weighted by molar-refractivity contribution is 5.97. The van der Waals surface area contributed by atoms with Crippen molar-refractivity contribution in [2.75, 3.05) is 31.6 Å². The molecule has 1 fully saturated rings. The van der Waals surface area contributed by atoms with Gasteiger partial charge in [0.2, 0.25) is 12.0 Å². The summed E-state index contributed by atoms with van der Waals surface area (Å²) in [6, 6.07) is 14.0. The summed E-state index contributed by atoms with van der Waals surface area (Å²) in [6.45, 7) is 1.88. The van der Waals surface area contributed by atoms with E-state index in [9.17, 15) is 14.4 Å². The molecule has 2 aliphatic rings. The maximum Gasteiger partial charge on any atom is 0.339 e. The number of nitrogens with one attached hydrogen (secondary N) is 1. The maximum atomic E-state index is 13.1. The predicted molar refractivity (Wildman–Crippen MR) is 105 cm³/mol. The molecule has 7 nitrogen and oxygen atoms in total. The van der Waals surface area contributed by atoms with Crippen molar-refractivity contribution in [1.29, 1.82) is 0 Å². The van der Waals surface area contributed by atoms with E-state index in [2.05, 4.69) is 5.32 Å². The molecule has 0 aromatic heterocycles. The van der Waals surface area contributed by atoms with E-state index in [0.29, 0.717) is 56.0 Å². The van der Waals surface area contributed by atoms with Crippen LogP contribution < -0.4 is 5.32 Å². The van der Waals surface area contributed by atoms with Gasteiger partial charge in [0.15, 0.2) is 0 Å². The van der Waals surface area contributed by atoms with E-state index in [-0.39, 0.29) is 11.8 Å². The number of benzene rings is 2. The number of nitrogens with zero attached hydrogens (tertiary/aromatic N) is 1. The zero-order valence-electron chi connectivity index (χ0n) is 15.9. The summed E-state index contributed by atoms with van der Waals surface area (Å²) in [4.78, 5) is 39.1. The van der Waals surface area contributed by atoms with Crippen LogP contribution in [0.3, 0.4) is 0 Å². The van der Waals surface area contributed by atoms with E-state index in [1.807, 2.05) is 18.2 Å². The van der Waals surface area contributed by atoms with E-state index in [4.69, 9.17) is 9.47 Å². The van der Waals surface area contributed by atoms with Crippen LogP contribution in [0, 0.1) is 0 Å². The number of aryl methyl sites for hydroxylation is 1. The largest absolute Gasteiger partial charge is 0.444 e. The highest BCUT2D eigenvalue weighted by Crippen LogP contribution is 2.26. The molecule has 2 aromatic carbocycles. The molecule has 2 amide bonds. The lowest BCUT2D eigenvalue weighted by molar-refractivity contribution is -0.145. The number of ether oxygens (including phenoxy) is 2. The molecular weight excluding hydrogens is 372 g/mol. The van der Waals surface area contributed by atoms with Gasteiger partial charge in [-0.3, -0.25) is 9.59 Å². The van der Waals surface area contributed by atoms with Gasteiger partial charge < -0.3 is 19.7 Å². The summed E-state index contributed by atoms with van der Waals surface area (Å²) in [5, 5.41) is 2.79. The van der Waals surface area contributed by atoms with Gasteiger partial charge in [-0.05, 0) is 30.2 Å². The smallest absolute Gasteiger partial charge is 0.339 e. The first-order valence-electron chi connectivity index (χ1n) is 9.67. The van der Waals surface area contributed by atoms with Gasteiger partial charge in [0.25, 0.3) is 5.91 Å². The fourth-order valence-corrected chi connectivity index (χ4v) is 3.52. The molecule has 1 unspecified atom stereocenters. The average Bonchev–Trinajstić information content (AvgIpc) is 2.77. The number of carbonyl (C=O) groups excluding carboxylic acids is 3. The first-order valence-corrected chi connectivity index (χ1v) is 9.67. The van der Waals surface area contributed by atoms with Crippen molar-refractivity contribution >= 4 is 23.5 Å². The van der Waals surface area contributed by atoms with Crippen molar-refractivity contribution in [3.8, 4) is 0 Å². The lowest BCUT2D eigenvalue weighted by Gasteiger charge is -2.30. The Balaban J connectivity index is 1.56. The van der Waals surface area contributed by atoms with Crippen LogP contribution in [-0.2, 0) is 25.5 Å². The molecule has 0 bridgehead atoms. The van der Waals surface area contributed by atoms with Crippen LogP contribution in [0.5, 0.6) is 0 Å². The summed E-state index contributed by atoms with van der Waals surface area (Å²) in [5.41, 5.74) is 2.58. The highest BCUT2D eigenvalue weighted by atomic mass is 16.5. The SMILES string of the molecule is O=C1CCc2cc(C(=O)OC(C(=O)N3CCOCC3)c3ccccc3)ccc2N1. The third-order valence-electron chi connectivity index (χ3n) is 5.11.